The predicted molar refractivity (Wildman–Crippen MR) is 95.0 cm³/mol. The molecule has 5 nitrogen and oxygen atoms in total. The molecule has 0 amide bonds. The molecule has 3 rings (SSSR count). The third kappa shape index (κ3) is 3.50. The van der Waals surface area contributed by atoms with Crippen LogP contribution < -0.4 is 18.9 Å². The van der Waals surface area contributed by atoms with Gasteiger partial charge in [0.2, 0.25) is 0 Å². The summed E-state index contributed by atoms with van der Waals surface area (Å²) in [4.78, 5) is 12.4. The number of hydrogen-bond acceptors (Lipinski definition) is 5. The van der Waals surface area contributed by atoms with Crippen LogP contribution in [0.2, 0.25) is 0 Å². The second kappa shape index (κ2) is 7.13. The lowest BCUT2D eigenvalue weighted by Gasteiger charge is -2.10. The summed E-state index contributed by atoms with van der Waals surface area (Å²) >= 11 is 0. The van der Waals surface area contributed by atoms with Crippen LogP contribution in [-0.4, -0.2) is 27.3 Å². The molecule has 0 saturated carbocycles. The van der Waals surface area contributed by atoms with Gasteiger partial charge in [-0.2, -0.15) is 0 Å². The van der Waals surface area contributed by atoms with Crippen molar-refractivity contribution >= 4 is 16.7 Å². The zero-order valence-corrected chi connectivity index (χ0v) is 14.2. The van der Waals surface area contributed by atoms with Crippen LogP contribution in [0.15, 0.2) is 54.6 Å². The Bertz CT molecular complexity index is 917. The highest BCUT2D eigenvalue weighted by molar-refractivity contribution is 5.93. The molecule has 0 radical (unpaired) electrons. The van der Waals surface area contributed by atoms with E-state index >= 15 is 0 Å². The number of ether oxygens (including phenoxy) is 4. The van der Waals surface area contributed by atoms with E-state index in [9.17, 15) is 4.79 Å². The number of esters is 1. The normalized spacial score (nSPS) is 10.4. The monoisotopic (exact) mass is 338 g/mol. The second-order valence-corrected chi connectivity index (χ2v) is 5.33. The van der Waals surface area contributed by atoms with E-state index < -0.39 is 5.97 Å². The standard InChI is InChI=1S/C20H18O5/c1-22-16-7-4-13-5-8-17(11-15(13)10-16)25-20(21)14-6-9-18(23-2)19(12-14)24-3/h4-12H,1-3H3. The van der Waals surface area contributed by atoms with Crippen molar-refractivity contribution in [3.05, 3.63) is 60.2 Å². The van der Waals surface area contributed by atoms with Gasteiger partial charge < -0.3 is 18.9 Å². The third-order valence-electron chi connectivity index (χ3n) is 3.85. The largest absolute Gasteiger partial charge is 0.497 e. The van der Waals surface area contributed by atoms with E-state index in [0.717, 1.165) is 16.5 Å². The van der Waals surface area contributed by atoms with E-state index in [0.29, 0.717) is 22.8 Å². The fourth-order valence-electron chi connectivity index (χ4n) is 2.52. The number of benzene rings is 3. The minimum atomic E-state index is -0.469. The zero-order valence-electron chi connectivity index (χ0n) is 14.2. The molecule has 0 heterocycles. The molecule has 0 aliphatic heterocycles. The molecular formula is C20H18O5. The average Bonchev–Trinajstić information content (AvgIpc) is 2.66. The van der Waals surface area contributed by atoms with E-state index in [4.69, 9.17) is 18.9 Å². The number of hydrogen-bond donors (Lipinski definition) is 0. The van der Waals surface area contributed by atoms with Crippen molar-refractivity contribution in [2.75, 3.05) is 21.3 Å². The molecule has 0 fully saturated rings. The van der Waals surface area contributed by atoms with Crippen LogP contribution in [0.1, 0.15) is 10.4 Å². The molecule has 3 aromatic rings. The highest BCUT2D eigenvalue weighted by atomic mass is 16.5. The molecule has 0 aliphatic carbocycles. The summed E-state index contributed by atoms with van der Waals surface area (Å²) in [6.45, 7) is 0. The summed E-state index contributed by atoms with van der Waals surface area (Å²) in [7, 11) is 4.67. The zero-order chi connectivity index (χ0) is 17.8. The highest BCUT2D eigenvalue weighted by Gasteiger charge is 2.13. The van der Waals surface area contributed by atoms with Gasteiger partial charge in [-0.15, -0.1) is 0 Å². The van der Waals surface area contributed by atoms with Gasteiger partial charge in [0.05, 0.1) is 26.9 Å². The smallest absolute Gasteiger partial charge is 0.343 e. The van der Waals surface area contributed by atoms with Crippen LogP contribution >= 0.6 is 0 Å². The van der Waals surface area contributed by atoms with E-state index in [-0.39, 0.29) is 0 Å². The van der Waals surface area contributed by atoms with Gasteiger partial charge >= 0.3 is 5.97 Å². The van der Waals surface area contributed by atoms with Gasteiger partial charge in [-0.3, -0.25) is 0 Å². The molecular weight excluding hydrogens is 320 g/mol. The van der Waals surface area contributed by atoms with Crippen molar-refractivity contribution in [1.29, 1.82) is 0 Å². The number of fused-ring (bicyclic) bond motifs is 1. The van der Waals surface area contributed by atoms with Crippen LogP contribution in [0.25, 0.3) is 10.8 Å². The maximum atomic E-state index is 12.4. The predicted octanol–water partition coefficient (Wildman–Crippen LogP) is 4.08. The van der Waals surface area contributed by atoms with Crippen molar-refractivity contribution in [1.82, 2.24) is 0 Å². The van der Waals surface area contributed by atoms with Crippen LogP contribution in [0.5, 0.6) is 23.0 Å². The molecule has 3 aromatic carbocycles. The van der Waals surface area contributed by atoms with Gasteiger partial charge in [0.1, 0.15) is 11.5 Å². The van der Waals surface area contributed by atoms with Gasteiger partial charge in [0.25, 0.3) is 0 Å². The molecule has 25 heavy (non-hydrogen) atoms. The van der Waals surface area contributed by atoms with E-state index in [1.54, 1.807) is 44.6 Å². The Balaban J connectivity index is 1.86. The number of carbonyl (C=O) groups excluding carboxylic acids is 1. The van der Waals surface area contributed by atoms with Crippen molar-refractivity contribution in [3.63, 3.8) is 0 Å². The van der Waals surface area contributed by atoms with Crippen molar-refractivity contribution in [2.45, 2.75) is 0 Å². The van der Waals surface area contributed by atoms with Gasteiger partial charge in [-0.05, 0) is 53.2 Å². The Kier molecular flexibility index (Phi) is 4.75. The summed E-state index contributed by atoms with van der Waals surface area (Å²) in [5.41, 5.74) is 0.378. The number of methoxy groups -OCH3 is 3. The maximum absolute atomic E-state index is 12.4. The molecule has 0 aromatic heterocycles. The first-order valence-corrected chi connectivity index (χ1v) is 7.66. The molecule has 0 N–H and O–H groups in total. The maximum Gasteiger partial charge on any atom is 0.343 e. The second-order valence-electron chi connectivity index (χ2n) is 5.33. The fourth-order valence-corrected chi connectivity index (χ4v) is 2.52. The SMILES string of the molecule is COc1ccc2ccc(OC(=O)c3ccc(OC)c(OC)c3)cc2c1. The summed E-state index contributed by atoms with van der Waals surface area (Å²) in [5, 5.41) is 1.96. The molecule has 0 spiro atoms. The van der Waals surface area contributed by atoms with Gasteiger partial charge in [0.15, 0.2) is 11.5 Å². The lowest BCUT2D eigenvalue weighted by atomic mass is 10.1. The van der Waals surface area contributed by atoms with Gasteiger partial charge in [-0.1, -0.05) is 12.1 Å². The molecule has 0 aliphatic rings. The van der Waals surface area contributed by atoms with E-state index in [2.05, 4.69) is 0 Å². The minimum Gasteiger partial charge on any atom is -0.497 e. The van der Waals surface area contributed by atoms with E-state index in [1.165, 1.54) is 7.11 Å². The molecule has 5 heteroatoms. The molecule has 0 saturated heterocycles. The van der Waals surface area contributed by atoms with Crippen molar-refractivity contribution < 1.29 is 23.7 Å². The summed E-state index contributed by atoms with van der Waals surface area (Å²) in [6, 6.07) is 16.1. The topological polar surface area (TPSA) is 54.0 Å². The first-order valence-electron chi connectivity index (χ1n) is 7.66. The highest BCUT2D eigenvalue weighted by Crippen LogP contribution is 2.29. The first kappa shape index (κ1) is 16.6. The van der Waals surface area contributed by atoms with Crippen LogP contribution in [0.4, 0.5) is 0 Å². The minimum absolute atomic E-state index is 0.378. The Morgan fingerprint density at radius 3 is 2.04 bits per heavy atom. The lowest BCUT2D eigenvalue weighted by molar-refractivity contribution is 0.0734. The average molecular weight is 338 g/mol. The molecule has 0 bridgehead atoms. The Hall–Kier alpha value is -3.21. The Morgan fingerprint density at radius 2 is 1.36 bits per heavy atom. The van der Waals surface area contributed by atoms with E-state index in [1.807, 2.05) is 24.3 Å². The van der Waals surface area contributed by atoms with Crippen LogP contribution in [0.3, 0.4) is 0 Å². The van der Waals surface area contributed by atoms with Crippen molar-refractivity contribution in [3.8, 4) is 23.0 Å². The first-order chi connectivity index (χ1) is 12.1. The number of rotatable bonds is 5. The summed E-state index contributed by atoms with van der Waals surface area (Å²) in [5.74, 6) is 1.76. The summed E-state index contributed by atoms with van der Waals surface area (Å²) < 4.78 is 21.1. The fraction of sp³-hybridized carbons (Fsp3) is 0.150. The Morgan fingerprint density at radius 1 is 0.680 bits per heavy atom. The lowest BCUT2D eigenvalue weighted by Crippen LogP contribution is -2.08. The molecule has 128 valence electrons. The van der Waals surface area contributed by atoms with Crippen LogP contribution in [-0.2, 0) is 0 Å². The van der Waals surface area contributed by atoms with Crippen LogP contribution in [0, 0.1) is 0 Å². The third-order valence-corrected chi connectivity index (χ3v) is 3.85. The van der Waals surface area contributed by atoms with Gasteiger partial charge in [0, 0.05) is 0 Å². The number of carbonyl (C=O) groups is 1. The summed E-state index contributed by atoms with van der Waals surface area (Å²) in [6.07, 6.45) is 0. The van der Waals surface area contributed by atoms with Crippen molar-refractivity contribution in [2.24, 2.45) is 0 Å². The molecule has 0 atom stereocenters. The Labute approximate surface area is 145 Å². The molecule has 0 unspecified atom stereocenters. The van der Waals surface area contributed by atoms with Gasteiger partial charge in [-0.25, -0.2) is 4.79 Å². The quantitative estimate of drug-likeness (QED) is 0.518.